The molecule has 0 spiro atoms. The lowest BCUT2D eigenvalue weighted by molar-refractivity contribution is -0.114. The number of para-hydroxylation sites is 1. The van der Waals surface area contributed by atoms with Gasteiger partial charge in [0.15, 0.2) is 0 Å². The average Bonchev–Trinajstić information content (AvgIpc) is 3.09. The highest BCUT2D eigenvalue weighted by atomic mass is 19.1. The van der Waals surface area contributed by atoms with E-state index >= 15 is 0 Å². The smallest absolute Gasteiger partial charge is 0.299 e. The van der Waals surface area contributed by atoms with Gasteiger partial charge in [0, 0.05) is 30.6 Å². The number of allylic oxidation sites excluding steroid dienone is 5. The van der Waals surface area contributed by atoms with Crippen LogP contribution in [0.4, 0.5) is 10.1 Å². The van der Waals surface area contributed by atoms with Crippen LogP contribution in [0, 0.1) is 5.82 Å². The minimum Gasteiger partial charge on any atom is -0.404 e. The van der Waals surface area contributed by atoms with Crippen LogP contribution in [0.2, 0.25) is 0 Å². The Morgan fingerprint density at radius 1 is 1.06 bits per heavy atom. The molecule has 1 amide bonds. The Balaban J connectivity index is 0.000000593. The second-order valence-corrected chi connectivity index (χ2v) is 6.60. The molecule has 0 aromatic heterocycles. The molecule has 1 aliphatic rings. The number of aliphatic imine (C=N–C) groups is 1. The lowest BCUT2D eigenvalue weighted by Gasteiger charge is -2.17. The molecule has 0 aliphatic carbocycles. The second-order valence-electron chi connectivity index (χ2n) is 6.60. The predicted molar refractivity (Wildman–Crippen MR) is 136 cm³/mol. The molecule has 0 fully saturated rings. The lowest BCUT2D eigenvalue weighted by atomic mass is 10.0. The first kappa shape index (κ1) is 27.2. The summed E-state index contributed by atoms with van der Waals surface area (Å²) in [6.45, 7) is 7.98. The number of carbonyl (C=O) groups excluding carboxylic acids is 2. The minimum atomic E-state index is -0.648. The third-order valence-electron chi connectivity index (χ3n) is 4.54. The van der Waals surface area contributed by atoms with E-state index in [0.29, 0.717) is 28.0 Å². The number of carbonyl (C=O) groups is 2. The Kier molecular flexibility index (Phi) is 11.8. The van der Waals surface area contributed by atoms with Crippen LogP contribution < -0.4 is 10.6 Å². The van der Waals surface area contributed by atoms with Crippen molar-refractivity contribution < 1.29 is 14.0 Å². The number of amides is 1. The maximum atomic E-state index is 14.5. The summed E-state index contributed by atoms with van der Waals surface area (Å²) in [7, 11) is 1.60. The number of rotatable bonds is 5. The van der Waals surface area contributed by atoms with Crippen LogP contribution in [0.1, 0.15) is 49.2 Å². The molecule has 0 atom stereocenters. The van der Waals surface area contributed by atoms with Crippen molar-refractivity contribution in [3.05, 3.63) is 95.5 Å². The van der Waals surface area contributed by atoms with Gasteiger partial charge in [0.05, 0.1) is 17.8 Å². The first-order valence-electron chi connectivity index (χ1n) is 10.8. The van der Waals surface area contributed by atoms with E-state index in [0.717, 1.165) is 0 Å². The second kappa shape index (κ2) is 14.3. The van der Waals surface area contributed by atoms with Crippen LogP contribution in [-0.2, 0) is 11.3 Å². The largest absolute Gasteiger partial charge is 0.404 e. The first-order chi connectivity index (χ1) is 16.0. The highest BCUT2D eigenvalue weighted by Crippen LogP contribution is 2.30. The normalized spacial score (nSPS) is 13.3. The van der Waals surface area contributed by atoms with Gasteiger partial charge in [0.1, 0.15) is 5.82 Å². The Morgan fingerprint density at radius 3 is 2.24 bits per heavy atom. The Hall–Kier alpha value is -3.80. The van der Waals surface area contributed by atoms with Gasteiger partial charge in [-0.2, -0.15) is 0 Å². The van der Waals surface area contributed by atoms with E-state index in [1.807, 2.05) is 52.0 Å². The SMILES string of the molecule is C/C=C\C=C/C.CC.CN=C/C(=C\N)c1ccc(CN2C(=O)C(=O)c3ccccc32)c(F)c1. The summed E-state index contributed by atoms with van der Waals surface area (Å²) in [6, 6.07) is 11.3. The van der Waals surface area contributed by atoms with E-state index in [9.17, 15) is 14.0 Å². The zero-order chi connectivity index (χ0) is 24.8. The number of anilines is 1. The molecule has 0 unspecified atom stereocenters. The monoisotopic (exact) mass is 449 g/mol. The fraction of sp³-hybridized carbons (Fsp3) is 0.222. The van der Waals surface area contributed by atoms with Gasteiger partial charge in [-0.1, -0.05) is 62.4 Å². The zero-order valence-corrected chi connectivity index (χ0v) is 19.9. The van der Waals surface area contributed by atoms with Crippen molar-refractivity contribution in [1.29, 1.82) is 0 Å². The summed E-state index contributed by atoms with van der Waals surface area (Å²) in [5, 5.41) is 0. The molecule has 5 nitrogen and oxygen atoms in total. The maximum Gasteiger partial charge on any atom is 0.299 e. The van der Waals surface area contributed by atoms with Crippen LogP contribution in [0.3, 0.4) is 0 Å². The third kappa shape index (κ3) is 7.10. The molecule has 2 aromatic rings. The molecule has 6 heteroatoms. The number of Topliss-reactive ketones (excluding diaryl/α,β-unsaturated/α-hetero) is 1. The van der Waals surface area contributed by atoms with E-state index in [4.69, 9.17) is 5.73 Å². The molecule has 2 N–H and O–H groups in total. The number of nitrogens with zero attached hydrogens (tertiary/aromatic N) is 2. The van der Waals surface area contributed by atoms with E-state index < -0.39 is 17.5 Å². The molecule has 0 saturated carbocycles. The van der Waals surface area contributed by atoms with Gasteiger partial charge in [0.2, 0.25) is 0 Å². The van der Waals surface area contributed by atoms with E-state index in [1.165, 1.54) is 23.4 Å². The highest BCUT2D eigenvalue weighted by Gasteiger charge is 2.35. The molecule has 3 rings (SSSR count). The van der Waals surface area contributed by atoms with Crippen molar-refractivity contribution in [3.63, 3.8) is 0 Å². The van der Waals surface area contributed by atoms with Crippen LogP contribution in [0.5, 0.6) is 0 Å². The molecular weight excluding hydrogens is 417 g/mol. The third-order valence-corrected chi connectivity index (χ3v) is 4.54. The molecule has 0 bridgehead atoms. The summed E-state index contributed by atoms with van der Waals surface area (Å²) in [5.41, 5.74) is 7.86. The quantitative estimate of drug-likeness (QED) is 0.360. The maximum absolute atomic E-state index is 14.5. The van der Waals surface area contributed by atoms with Crippen molar-refractivity contribution in [2.45, 2.75) is 34.2 Å². The number of hydrogen-bond acceptors (Lipinski definition) is 4. The van der Waals surface area contributed by atoms with Crippen molar-refractivity contribution in [2.24, 2.45) is 10.7 Å². The van der Waals surface area contributed by atoms with Crippen LogP contribution in [-0.4, -0.2) is 25.0 Å². The lowest BCUT2D eigenvalue weighted by Crippen LogP contribution is -2.29. The van der Waals surface area contributed by atoms with E-state index in [-0.39, 0.29) is 6.54 Å². The van der Waals surface area contributed by atoms with Gasteiger partial charge in [-0.25, -0.2) is 4.39 Å². The molecule has 174 valence electrons. The van der Waals surface area contributed by atoms with Crippen molar-refractivity contribution in [1.82, 2.24) is 0 Å². The molecule has 0 saturated heterocycles. The molecular formula is C27H32FN3O2. The number of nitrogens with two attached hydrogens (primary N) is 1. The summed E-state index contributed by atoms with van der Waals surface area (Å²) in [5.74, 6) is -1.70. The molecule has 2 aromatic carbocycles. The predicted octanol–water partition coefficient (Wildman–Crippen LogP) is 5.72. The molecule has 1 aliphatic heterocycles. The number of benzene rings is 2. The Morgan fingerprint density at radius 2 is 1.70 bits per heavy atom. The van der Waals surface area contributed by atoms with Crippen molar-refractivity contribution in [2.75, 3.05) is 11.9 Å². The van der Waals surface area contributed by atoms with Gasteiger partial charge in [-0.05, 0) is 37.6 Å². The number of hydrogen-bond donors (Lipinski definition) is 1. The Labute approximate surface area is 195 Å². The zero-order valence-electron chi connectivity index (χ0n) is 19.9. The van der Waals surface area contributed by atoms with E-state index in [1.54, 1.807) is 43.4 Å². The summed E-state index contributed by atoms with van der Waals surface area (Å²) >= 11 is 0. The summed E-state index contributed by atoms with van der Waals surface area (Å²) < 4.78 is 14.5. The van der Waals surface area contributed by atoms with Gasteiger partial charge in [-0.3, -0.25) is 14.6 Å². The first-order valence-corrected chi connectivity index (χ1v) is 10.8. The summed E-state index contributed by atoms with van der Waals surface area (Å²) in [4.78, 5) is 29.4. The number of halogens is 1. The molecule has 0 radical (unpaired) electrons. The van der Waals surface area contributed by atoms with Crippen LogP contribution >= 0.6 is 0 Å². The topological polar surface area (TPSA) is 75.8 Å². The van der Waals surface area contributed by atoms with E-state index in [2.05, 4.69) is 4.99 Å². The van der Waals surface area contributed by atoms with Crippen molar-refractivity contribution >= 4 is 29.2 Å². The number of ketones is 1. The fourth-order valence-electron chi connectivity index (χ4n) is 3.01. The molecule has 33 heavy (non-hydrogen) atoms. The van der Waals surface area contributed by atoms with Gasteiger partial charge < -0.3 is 10.6 Å². The van der Waals surface area contributed by atoms with Crippen LogP contribution in [0.15, 0.2) is 78.0 Å². The summed E-state index contributed by atoms with van der Waals surface area (Å²) in [6.07, 6.45) is 10.9. The highest BCUT2D eigenvalue weighted by molar-refractivity contribution is 6.52. The van der Waals surface area contributed by atoms with Crippen molar-refractivity contribution in [3.8, 4) is 0 Å². The van der Waals surface area contributed by atoms with Gasteiger partial charge >= 0.3 is 0 Å². The standard InChI is InChI=1S/C19H16FN3O2.C6H10.C2H6/c1-22-10-14(9-21)12-6-7-13(16(20)8-12)11-23-17-5-3-2-4-15(17)18(24)19(23)25;1-3-5-6-4-2;1-2/h2-10H,11,21H2,1H3;3-6H,1-2H3;1-2H3/b14-9+,22-10?;5-3-,6-4-;. The van der Waals surface area contributed by atoms with Crippen LogP contribution in [0.25, 0.3) is 5.57 Å². The Bertz CT molecular complexity index is 1060. The fourth-order valence-corrected chi connectivity index (χ4v) is 3.01. The molecule has 1 heterocycles. The minimum absolute atomic E-state index is 0.0166. The van der Waals surface area contributed by atoms with Gasteiger partial charge in [0.25, 0.3) is 11.7 Å². The number of fused-ring (bicyclic) bond motifs is 1. The average molecular weight is 450 g/mol. The van der Waals surface area contributed by atoms with Gasteiger partial charge in [-0.15, -0.1) is 0 Å².